The first-order valence-electron chi connectivity index (χ1n) is 9.54. The van der Waals surface area contributed by atoms with E-state index in [9.17, 15) is 14.4 Å². The van der Waals surface area contributed by atoms with Crippen molar-refractivity contribution in [1.82, 2.24) is 5.32 Å². The van der Waals surface area contributed by atoms with Crippen molar-refractivity contribution in [3.05, 3.63) is 46.1 Å². The molecule has 2 atom stereocenters. The van der Waals surface area contributed by atoms with Crippen LogP contribution in [0, 0.1) is 5.92 Å². The normalized spacial score (nSPS) is 19.1. The number of carbonyl (C=O) groups excluding carboxylic acids is 3. The Balaban J connectivity index is 2.44. The predicted molar refractivity (Wildman–Crippen MR) is 114 cm³/mol. The van der Waals surface area contributed by atoms with Gasteiger partial charge in [-0.05, 0) is 46.2 Å². The van der Waals surface area contributed by atoms with E-state index >= 15 is 0 Å². The van der Waals surface area contributed by atoms with Crippen LogP contribution in [-0.4, -0.2) is 42.8 Å². The summed E-state index contributed by atoms with van der Waals surface area (Å²) in [4.78, 5) is 42.1. The fourth-order valence-electron chi connectivity index (χ4n) is 3.45. The van der Waals surface area contributed by atoms with Crippen molar-refractivity contribution in [3.8, 4) is 0 Å². The second-order valence-electron chi connectivity index (χ2n) is 8.02. The van der Waals surface area contributed by atoms with Crippen LogP contribution in [-0.2, 0) is 23.9 Å². The minimum Gasteiger partial charge on any atom is -0.468 e. The average molecular weight is 435 g/mol. The van der Waals surface area contributed by atoms with Crippen molar-refractivity contribution in [2.45, 2.75) is 46.1 Å². The van der Waals surface area contributed by atoms with Crippen molar-refractivity contribution in [3.63, 3.8) is 0 Å². The van der Waals surface area contributed by atoms with E-state index in [0.717, 1.165) is 0 Å². The van der Waals surface area contributed by atoms with Gasteiger partial charge in [0.25, 0.3) is 0 Å². The van der Waals surface area contributed by atoms with E-state index in [-0.39, 0.29) is 12.1 Å². The summed E-state index contributed by atoms with van der Waals surface area (Å²) in [7, 11) is 1.28. The van der Waals surface area contributed by atoms with E-state index < -0.39 is 35.3 Å². The van der Waals surface area contributed by atoms with Crippen LogP contribution in [0.3, 0.4) is 0 Å². The van der Waals surface area contributed by atoms with Crippen LogP contribution in [0.15, 0.2) is 40.5 Å². The zero-order valence-corrected chi connectivity index (χ0v) is 18.8. The lowest BCUT2D eigenvalue weighted by Gasteiger charge is -2.32. The predicted octanol–water partition coefficient (Wildman–Crippen LogP) is 3.42. The minimum atomic E-state index is -0.819. The molecular formula is C22H27ClN2O5. The van der Waals surface area contributed by atoms with Crippen LogP contribution in [0.2, 0.25) is 5.02 Å². The topological polar surface area (TPSA) is 94.1 Å². The Hall–Kier alpha value is -2.67. The number of halogens is 1. The molecule has 0 saturated carbocycles. The van der Waals surface area contributed by atoms with Gasteiger partial charge in [-0.3, -0.25) is 19.4 Å². The number of hydrogen-bond acceptors (Lipinski definition) is 6. The van der Waals surface area contributed by atoms with Gasteiger partial charge in [-0.1, -0.05) is 29.8 Å². The molecule has 1 aliphatic heterocycles. The number of esters is 2. The molecule has 0 aromatic heterocycles. The van der Waals surface area contributed by atoms with Crippen molar-refractivity contribution < 1.29 is 23.9 Å². The number of carbonyl (C=O) groups is 3. The number of benzene rings is 1. The highest BCUT2D eigenvalue weighted by Gasteiger charge is 2.42. The van der Waals surface area contributed by atoms with Crippen molar-refractivity contribution >= 4 is 35.2 Å². The number of rotatable bonds is 5. The molecule has 30 heavy (non-hydrogen) atoms. The summed E-state index contributed by atoms with van der Waals surface area (Å²) < 4.78 is 10.2. The number of nitrogens with one attached hydrogen (secondary N) is 1. The number of hydrogen-bond donors (Lipinski definition) is 1. The molecule has 0 saturated heterocycles. The van der Waals surface area contributed by atoms with Gasteiger partial charge in [0.15, 0.2) is 0 Å². The maximum atomic E-state index is 13.1. The Morgan fingerprint density at radius 3 is 2.37 bits per heavy atom. The van der Waals surface area contributed by atoms with E-state index in [1.807, 2.05) is 0 Å². The maximum Gasteiger partial charge on any atom is 0.325 e. The van der Waals surface area contributed by atoms with Gasteiger partial charge in [-0.2, -0.15) is 0 Å². The molecule has 0 spiro atoms. The standard InChI is InChI=1S/C22H27ClN2O5/c1-12-17(20(27)24-11-16(26)30-22(3,4)5)19(14-9-7-8-10-15(14)23)18(13(2)25-12)21(28)29-6/h7-10,18-19H,11H2,1-6H3,(H,24,27). The fourth-order valence-corrected chi connectivity index (χ4v) is 3.71. The Kier molecular flexibility index (Phi) is 7.42. The number of amides is 1. The molecule has 8 heteroatoms. The summed E-state index contributed by atoms with van der Waals surface area (Å²) in [6, 6.07) is 7.00. The zero-order valence-electron chi connectivity index (χ0n) is 18.0. The molecule has 1 amide bonds. The van der Waals surface area contributed by atoms with E-state index in [2.05, 4.69) is 10.3 Å². The largest absolute Gasteiger partial charge is 0.468 e. The fraction of sp³-hybridized carbons (Fsp3) is 0.455. The molecular weight excluding hydrogens is 408 g/mol. The first kappa shape index (κ1) is 23.6. The monoisotopic (exact) mass is 434 g/mol. The third-order valence-electron chi connectivity index (χ3n) is 4.58. The maximum absolute atomic E-state index is 13.1. The molecule has 1 aromatic carbocycles. The second-order valence-corrected chi connectivity index (χ2v) is 8.43. The van der Waals surface area contributed by atoms with Gasteiger partial charge < -0.3 is 14.8 Å². The van der Waals surface area contributed by atoms with Gasteiger partial charge in [0.05, 0.1) is 7.11 Å². The third kappa shape index (κ3) is 5.48. The van der Waals surface area contributed by atoms with Crippen LogP contribution in [0.5, 0.6) is 0 Å². The summed E-state index contributed by atoms with van der Waals surface area (Å²) in [5.41, 5.74) is 1.16. The van der Waals surface area contributed by atoms with Gasteiger partial charge in [0.2, 0.25) is 5.91 Å². The Morgan fingerprint density at radius 2 is 1.80 bits per heavy atom. The average Bonchev–Trinajstić information content (AvgIpc) is 2.64. The van der Waals surface area contributed by atoms with Gasteiger partial charge in [-0.25, -0.2) is 0 Å². The number of methoxy groups -OCH3 is 1. The Labute approximate surface area is 181 Å². The van der Waals surface area contributed by atoms with Gasteiger partial charge in [0, 0.05) is 27.9 Å². The molecule has 162 valence electrons. The highest BCUT2D eigenvalue weighted by Crippen LogP contribution is 2.42. The first-order valence-corrected chi connectivity index (χ1v) is 9.92. The number of aliphatic imine (C=N–C) groups is 1. The molecule has 0 radical (unpaired) electrons. The summed E-state index contributed by atoms with van der Waals surface area (Å²) in [5.74, 6) is -3.13. The molecule has 0 fully saturated rings. The van der Waals surface area contributed by atoms with Crippen molar-refractivity contribution in [2.24, 2.45) is 10.9 Å². The van der Waals surface area contributed by atoms with E-state index in [0.29, 0.717) is 22.0 Å². The minimum absolute atomic E-state index is 0.257. The third-order valence-corrected chi connectivity index (χ3v) is 4.93. The van der Waals surface area contributed by atoms with Crippen LogP contribution in [0.25, 0.3) is 0 Å². The molecule has 0 aliphatic carbocycles. The molecule has 1 aromatic rings. The highest BCUT2D eigenvalue weighted by molar-refractivity contribution is 6.31. The van der Waals surface area contributed by atoms with Gasteiger partial charge >= 0.3 is 11.9 Å². The van der Waals surface area contributed by atoms with Crippen LogP contribution in [0.4, 0.5) is 0 Å². The highest BCUT2D eigenvalue weighted by atomic mass is 35.5. The lowest BCUT2D eigenvalue weighted by atomic mass is 9.75. The van der Waals surface area contributed by atoms with E-state index in [1.165, 1.54) is 7.11 Å². The SMILES string of the molecule is COC(=O)C1C(C)=NC(C)=C(C(=O)NCC(=O)OC(C)(C)C)C1c1ccccc1Cl. The van der Waals surface area contributed by atoms with Crippen molar-refractivity contribution in [1.29, 1.82) is 0 Å². The van der Waals surface area contributed by atoms with Crippen molar-refractivity contribution in [2.75, 3.05) is 13.7 Å². The summed E-state index contributed by atoms with van der Waals surface area (Å²) in [5, 5.41) is 2.99. The lowest BCUT2D eigenvalue weighted by molar-refractivity contribution is -0.154. The molecule has 1 N–H and O–H groups in total. The van der Waals surface area contributed by atoms with Crippen LogP contribution < -0.4 is 5.32 Å². The second kappa shape index (κ2) is 9.43. The van der Waals surface area contributed by atoms with Crippen LogP contribution in [0.1, 0.15) is 46.1 Å². The van der Waals surface area contributed by atoms with E-state index in [4.69, 9.17) is 21.1 Å². The smallest absolute Gasteiger partial charge is 0.325 e. The molecule has 7 nitrogen and oxygen atoms in total. The van der Waals surface area contributed by atoms with Gasteiger partial charge in [-0.15, -0.1) is 0 Å². The number of allylic oxidation sites excluding steroid dienone is 1. The summed E-state index contributed by atoms with van der Waals surface area (Å²) >= 11 is 6.42. The number of ether oxygens (including phenoxy) is 2. The molecule has 2 unspecified atom stereocenters. The Morgan fingerprint density at radius 1 is 1.17 bits per heavy atom. The zero-order chi connectivity index (χ0) is 22.6. The quantitative estimate of drug-likeness (QED) is 0.716. The lowest BCUT2D eigenvalue weighted by Crippen LogP contribution is -2.41. The summed E-state index contributed by atoms with van der Waals surface area (Å²) in [6.45, 7) is 8.31. The first-order chi connectivity index (χ1) is 14.0. The Bertz CT molecular complexity index is 914. The molecule has 2 rings (SSSR count). The molecule has 0 bridgehead atoms. The number of nitrogens with zero attached hydrogens (tertiary/aromatic N) is 1. The van der Waals surface area contributed by atoms with Gasteiger partial charge in [0.1, 0.15) is 18.1 Å². The van der Waals surface area contributed by atoms with E-state index in [1.54, 1.807) is 58.9 Å². The van der Waals surface area contributed by atoms with Crippen LogP contribution >= 0.6 is 11.6 Å². The summed E-state index contributed by atoms with van der Waals surface area (Å²) in [6.07, 6.45) is 0. The molecule has 1 heterocycles. The molecule has 1 aliphatic rings.